The van der Waals surface area contributed by atoms with Crippen LogP contribution >= 0.6 is 0 Å². The molecular formula is C13H10F3NO2. The van der Waals surface area contributed by atoms with Gasteiger partial charge in [0.25, 0.3) is 0 Å². The zero-order valence-electron chi connectivity index (χ0n) is 9.63. The van der Waals surface area contributed by atoms with Gasteiger partial charge in [-0.25, -0.2) is 4.39 Å². The molecule has 6 heteroatoms. The first-order chi connectivity index (χ1) is 9.08. The molecule has 1 atom stereocenters. The SMILES string of the molecule is OC(c1cccc(OC(F)F)c1)c1ccncc1F. The van der Waals surface area contributed by atoms with Gasteiger partial charge in [0.05, 0.1) is 6.20 Å². The highest BCUT2D eigenvalue weighted by atomic mass is 19.3. The number of pyridine rings is 1. The van der Waals surface area contributed by atoms with E-state index in [9.17, 15) is 18.3 Å². The van der Waals surface area contributed by atoms with Gasteiger partial charge in [-0.05, 0) is 23.8 Å². The fourth-order valence-electron chi connectivity index (χ4n) is 1.65. The summed E-state index contributed by atoms with van der Waals surface area (Å²) in [6.07, 6.45) is 1.03. The zero-order chi connectivity index (χ0) is 13.8. The topological polar surface area (TPSA) is 42.4 Å². The Morgan fingerprint density at radius 1 is 1.21 bits per heavy atom. The fourth-order valence-corrected chi connectivity index (χ4v) is 1.65. The fraction of sp³-hybridized carbons (Fsp3) is 0.154. The summed E-state index contributed by atoms with van der Waals surface area (Å²) < 4.78 is 41.9. The number of aliphatic hydroxyl groups excluding tert-OH is 1. The van der Waals surface area contributed by atoms with E-state index in [1.807, 2.05) is 0 Å². The largest absolute Gasteiger partial charge is 0.435 e. The monoisotopic (exact) mass is 269 g/mol. The molecule has 0 aliphatic heterocycles. The van der Waals surface area contributed by atoms with Crippen molar-refractivity contribution in [3.05, 3.63) is 59.7 Å². The molecule has 1 unspecified atom stereocenters. The average Bonchev–Trinajstić information content (AvgIpc) is 2.38. The number of hydrogen-bond donors (Lipinski definition) is 1. The second-order valence-corrected chi connectivity index (χ2v) is 3.75. The van der Waals surface area contributed by atoms with Gasteiger partial charge in [0.2, 0.25) is 0 Å². The van der Waals surface area contributed by atoms with Crippen LogP contribution in [0.2, 0.25) is 0 Å². The number of ether oxygens (including phenoxy) is 1. The smallest absolute Gasteiger partial charge is 0.387 e. The van der Waals surface area contributed by atoms with Gasteiger partial charge in [-0.1, -0.05) is 12.1 Å². The van der Waals surface area contributed by atoms with Crippen LogP contribution in [0.1, 0.15) is 17.2 Å². The molecule has 1 N–H and O–H groups in total. The first-order valence-electron chi connectivity index (χ1n) is 5.40. The van der Waals surface area contributed by atoms with Crippen LogP contribution in [-0.2, 0) is 0 Å². The van der Waals surface area contributed by atoms with Crippen molar-refractivity contribution in [3.63, 3.8) is 0 Å². The lowest BCUT2D eigenvalue weighted by Crippen LogP contribution is -2.05. The molecule has 19 heavy (non-hydrogen) atoms. The Hall–Kier alpha value is -2.08. The lowest BCUT2D eigenvalue weighted by Gasteiger charge is -2.13. The summed E-state index contributed by atoms with van der Waals surface area (Å²) in [5.41, 5.74) is 0.271. The number of alkyl halides is 2. The van der Waals surface area contributed by atoms with Gasteiger partial charge in [0.15, 0.2) is 0 Å². The number of nitrogens with zero attached hydrogens (tertiary/aromatic N) is 1. The highest BCUT2D eigenvalue weighted by molar-refractivity contribution is 5.35. The number of benzene rings is 1. The van der Waals surface area contributed by atoms with Crippen molar-refractivity contribution in [3.8, 4) is 5.75 Å². The van der Waals surface area contributed by atoms with Crippen molar-refractivity contribution >= 4 is 0 Å². The van der Waals surface area contributed by atoms with Crippen molar-refractivity contribution in [1.29, 1.82) is 0 Å². The van der Waals surface area contributed by atoms with Crippen LogP contribution < -0.4 is 4.74 Å². The molecular weight excluding hydrogens is 259 g/mol. The normalized spacial score (nSPS) is 12.5. The molecule has 0 aliphatic rings. The minimum atomic E-state index is -2.95. The summed E-state index contributed by atoms with van der Waals surface area (Å²) in [5, 5.41) is 10.0. The molecule has 0 aliphatic carbocycles. The van der Waals surface area contributed by atoms with E-state index < -0.39 is 18.5 Å². The van der Waals surface area contributed by atoms with E-state index in [2.05, 4.69) is 9.72 Å². The molecule has 1 aromatic carbocycles. The number of aromatic nitrogens is 1. The number of hydrogen-bond acceptors (Lipinski definition) is 3. The van der Waals surface area contributed by atoms with Gasteiger partial charge in [-0.15, -0.1) is 0 Å². The summed E-state index contributed by atoms with van der Waals surface area (Å²) in [4.78, 5) is 3.57. The van der Waals surface area contributed by atoms with E-state index in [-0.39, 0.29) is 16.9 Å². The molecule has 0 amide bonds. The maximum atomic E-state index is 13.5. The molecule has 0 bridgehead atoms. The second kappa shape index (κ2) is 5.71. The van der Waals surface area contributed by atoms with Gasteiger partial charge >= 0.3 is 6.61 Å². The molecule has 100 valence electrons. The minimum absolute atomic E-state index is 0.0178. The zero-order valence-corrected chi connectivity index (χ0v) is 9.63. The summed E-state index contributed by atoms with van der Waals surface area (Å²) in [5.74, 6) is -0.767. The first kappa shape index (κ1) is 13.4. The van der Waals surface area contributed by atoms with Gasteiger partial charge in [0, 0.05) is 11.8 Å². The lowest BCUT2D eigenvalue weighted by atomic mass is 10.0. The van der Waals surface area contributed by atoms with Crippen molar-refractivity contribution in [2.45, 2.75) is 12.7 Å². The van der Waals surface area contributed by atoms with Crippen LogP contribution in [0.3, 0.4) is 0 Å². The molecule has 0 radical (unpaired) electrons. The van der Waals surface area contributed by atoms with Crippen molar-refractivity contribution < 1.29 is 23.0 Å². The van der Waals surface area contributed by atoms with E-state index in [1.54, 1.807) is 0 Å². The summed E-state index contributed by atoms with van der Waals surface area (Å²) >= 11 is 0. The van der Waals surface area contributed by atoms with Crippen molar-refractivity contribution in [1.82, 2.24) is 4.98 Å². The Bertz CT molecular complexity index is 563. The van der Waals surface area contributed by atoms with Gasteiger partial charge in [-0.2, -0.15) is 8.78 Å². The molecule has 0 saturated heterocycles. The minimum Gasteiger partial charge on any atom is -0.435 e. The first-order valence-corrected chi connectivity index (χ1v) is 5.40. The van der Waals surface area contributed by atoms with Crippen molar-refractivity contribution in [2.24, 2.45) is 0 Å². The average molecular weight is 269 g/mol. The Morgan fingerprint density at radius 3 is 2.68 bits per heavy atom. The lowest BCUT2D eigenvalue weighted by molar-refractivity contribution is -0.0499. The maximum absolute atomic E-state index is 13.5. The predicted octanol–water partition coefficient (Wildman–Crippen LogP) is 2.90. The van der Waals surface area contributed by atoms with Gasteiger partial charge < -0.3 is 9.84 Å². The van der Waals surface area contributed by atoms with E-state index in [0.717, 1.165) is 6.20 Å². The highest BCUT2D eigenvalue weighted by Crippen LogP contribution is 2.26. The molecule has 0 saturated carbocycles. The van der Waals surface area contributed by atoms with Crippen LogP contribution in [0.5, 0.6) is 5.75 Å². The van der Waals surface area contributed by atoms with Crippen LogP contribution in [0.25, 0.3) is 0 Å². The van der Waals surface area contributed by atoms with E-state index in [0.29, 0.717) is 0 Å². The molecule has 1 heterocycles. The highest BCUT2D eigenvalue weighted by Gasteiger charge is 2.16. The Balaban J connectivity index is 2.29. The second-order valence-electron chi connectivity index (χ2n) is 3.75. The standard InChI is InChI=1S/C13H10F3NO2/c14-11-7-17-5-4-10(11)12(18)8-2-1-3-9(6-8)19-13(15)16/h1-7,12-13,18H. The molecule has 2 rings (SSSR count). The van der Waals surface area contributed by atoms with Crippen LogP contribution in [-0.4, -0.2) is 16.7 Å². The summed E-state index contributed by atoms with van der Waals surface area (Å²) in [7, 11) is 0. The molecule has 0 fully saturated rings. The van der Waals surface area contributed by atoms with E-state index in [4.69, 9.17) is 0 Å². The molecule has 2 aromatic rings. The third-order valence-electron chi connectivity index (χ3n) is 2.50. The molecule has 3 nitrogen and oxygen atoms in total. The Labute approximate surface area is 107 Å². The third kappa shape index (κ3) is 3.23. The predicted molar refractivity (Wildman–Crippen MR) is 61.3 cm³/mol. The van der Waals surface area contributed by atoms with Gasteiger partial charge in [-0.3, -0.25) is 4.98 Å². The quantitative estimate of drug-likeness (QED) is 0.928. The Morgan fingerprint density at radius 2 is 2.00 bits per heavy atom. The molecule has 0 spiro atoms. The summed E-state index contributed by atoms with van der Waals surface area (Å²) in [6.45, 7) is -2.95. The van der Waals surface area contributed by atoms with E-state index >= 15 is 0 Å². The number of halogens is 3. The number of aliphatic hydroxyl groups is 1. The van der Waals surface area contributed by atoms with Crippen LogP contribution in [0, 0.1) is 5.82 Å². The number of rotatable bonds is 4. The van der Waals surface area contributed by atoms with Crippen molar-refractivity contribution in [2.75, 3.05) is 0 Å². The van der Waals surface area contributed by atoms with Gasteiger partial charge in [0.1, 0.15) is 17.7 Å². The van der Waals surface area contributed by atoms with Crippen LogP contribution in [0.15, 0.2) is 42.7 Å². The Kier molecular flexibility index (Phi) is 4.01. The van der Waals surface area contributed by atoms with E-state index in [1.165, 1.54) is 36.5 Å². The summed E-state index contributed by atoms with van der Waals surface area (Å²) in [6, 6.07) is 6.81. The maximum Gasteiger partial charge on any atom is 0.387 e. The molecule has 1 aromatic heterocycles. The third-order valence-corrected chi connectivity index (χ3v) is 2.50. The van der Waals surface area contributed by atoms with Crippen LogP contribution in [0.4, 0.5) is 13.2 Å².